The molecule has 0 unspecified atom stereocenters. The normalized spacial score (nSPS) is 10.2. The van der Waals surface area contributed by atoms with E-state index in [1.54, 1.807) is 43.3 Å². The summed E-state index contributed by atoms with van der Waals surface area (Å²) < 4.78 is 0. The molecule has 0 heterocycles. The summed E-state index contributed by atoms with van der Waals surface area (Å²) in [5, 5.41) is 8.68. The second kappa shape index (κ2) is 11.6. The summed E-state index contributed by atoms with van der Waals surface area (Å²) in [5.41, 5.74) is 2.98. The molecular weight excluding hydrogens is 380 g/mol. The van der Waals surface area contributed by atoms with E-state index in [4.69, 9.17) is 0 Å². The van der Waals surface area contributed by atoms with Crippen molar-refractivity contribution in [1.29, 1.82) is 0 Å². The van der Waals surface area contributed by atoms with Gasteiger partial charge in [0.1, 0.15) is 0 Å². The van der Waals surface area contributed by atoms with Crippen LogP contribution in [0.2, 0.25) is 0 Å². The number of carbonyl (C=O) groups excluding carboxylic acids is 3. The fourth-order valence-corrected chi connectivity index (χ4v) is 2.73. The maximum atomic E-state index is 12.2. The smallest absolute Gasteiger partial charge is 0.251 e. The van der Waals surface area contributed by atoms with Crippen molar-refractivity contribution < 1.29 is 14.4 Å². The highest BCUT2D eigenvalue weighted by Crippen LogP contribution is 2.13. The molecule has 0 aliphatic heterocycles. The average Bonchev–Trinajstić information content (AvgIpc) is 2.75. The van der Waals surface area contributed by atoms with Crippen LogP contribution in [0.15, 0.2) is 48.5 Å². The quantitative estimate of drug-likeness (QED) is 0.562. The Morgan fingerprint density at radius 2 is 1.70 bits per heavy atom. The van der Waals surface area contributed by atoms with E-state index in [0.717, 1.165) is 17.7 Å². The average molecular weight is 411 g/mol. The van der Waals surface area contributed by atoms with Gasteiger partial charge in [0.25, 0.3) is 5.91 Å². The Hall–Kier alpha value is -3.35. The Kier molecular flexibility index (Phi) is 8.87. The van der Waals surface area contributed by atoms with Gasteiger partial charge in [-0.15, -0.1) is 0 Å². The Morgan fingerprint density at radius 1 is 0.967 bits per heavy atom. The van der Waals surface area contributed by atoms with Crippen molar-refractivity contribution in [3.8, 4) is 0 Å². The SMILES string of the molecule is CCCNC(=O)c1cccc(NC(=O)CNc2ccc(CCC(=O)N(C)C)cc2)c1. The van der Waals surface area contributed by atoms with E-state index in [-0.39, 0.29) is 24.3 Å². The minimum atomic E-state index is -0.207. The summed E-state index contributed by atoms with van der Waals surface area (Å²) in [7, 11) is 3.50. The lowest BCUT2D eigenvalue weighted by Crippen LogP contribution is -2.24. The number of nitrogens with zero attached hydrogens (tertiary/aromatic N) is 1. The number of hydrogen-bond donors (Lipinski definition) is 3. The van der Waals surface area contributed by atoms with Gasteiger partial charge in [-0.3, -0.25) is 14.4 Å². The first-order valence-electron chi connectivity index (χ1n) is 10.1. The molecule has 2 aromatic rings. The topological polar surface area (TPSA) is 90.5 Å². The van der Waals surface area contributed by atoms with E-state index in [1.165, 1.54) is 0 Å². The van der Waals surface area contributed by atoms with Crippen molar-refractivity contribution in [2.75, 3.05) is 37.8 Å². The van der Waals surface area contributed by atoms with Crippen molar-refractivity contribution in [3.05, 3.63) is 59.7 Å². The van der Waals surface area contributed by atoms with Gasteiger partial charge in [-0.1, -0.05) is 25.1 Å². The van der Waals surface area contributed by atoms with Crippen LogP contribution in [0, 0.1) is 0 Å². The molecule has 3 N–H and O–H groups in total. The predicted octanol–water partition coefficient (Wildman–Crippen LogP) is 2.90. The molecule has 30 heavy (non-hydrogen) atoms. The standard InChI is InChI=1S/C23H30N4O3/c1-4-14-24-23(30)18-6-5-7-20(15-18)26-21(28)16-25-19-11-8-17(9-12-19)10-13-22(29)27(2)3/h5-9,11-12,15,25H,4,10,13-14,16H2,1-3H3,(H,24,30)(H,26,28). The van der Waals surface area contributed by atoms with Crippen molar-refractivity contribution in [2.24, 2.45) is 0 Å². The van der Waals surface area contributed by atoms with E-state index < -0.39 is 0 Å². The third-order valence-electron chi connectivity index (χ3n) is 4.48. The number of rotatable bonds is 10. The molecule has 0 aliphatic carbocycles. The fourth-order valence-electron chi connectivity index (χ4n) is 2.73. The van der Waals surface area contributed by atoms with E-state index in [0.29, 0.717) is 30.6 Å². The summed E-state index contributed by atoms with van der Waals surface area (Å²) >= 11 is 0. The summed E-state index contributed by atoms with van der Waals surface area (Å²) in [6.07, 6.45) is 2.01. The lowest BCUT2D eigenvalue weighted by molar-refractivity contribution is -0.128. The zero-order chi connectivity index (χ0) is 21.9. The Morgan fingerprint density at radius 3 is 2.37 bits per heavy atom. The van der Waals surface area contributed by atoms with Crippen LogP contribution in [0.4, 0.5) is 11.4 Å². The molecule has 0 radical (unpaired) electrons. The van der Waals surface area contributed by atoms with Crippen LogP contribution >= 0.6 is 0 Å². The van der Waals surface area contributed by atoms with Crippen LogP contribution in [0.25, 0.3) is 0 Å². The molecule has 7 heteroatoms. The fraction of sp³-hybridized carbons (Fsp3) is 0.348. The lowest BCUT2D eigenvalue weighted by atomic mass is 10.1. The monoisotopic (exact) mass is 410 g/mol. The van der Waals surface area contributed by atoms with Crippen molar-refractivity contribution >= 4 is 29.1 Å². The summed E-state index contributed by atoms with van der Waals surface area (Å²) in [6, 6.07) is 14.5. The van der Waals surface area contributed by atoms with Crippen LogP contribution < -0.4 is 16.0 Å². The highest BCUT2D eigenvalue weighted by molar-refractivity contribution is 5.98. The third-order valence-corrected chi connectivity index (χ3v) is 4.48. The van der Waals surface area contributed by atoms with Gasteiger partial charge >= 0.3 is 0 Å². The molecule has 0 saturated heterocycles. The highest BCUT2D eigenvalue weighted by Gasteiger charge is 2.08. The molecule has 3 amide bonds. The number of nitrogens with one attached hydrogen (secondary N) is 3. The molecule has 160 valence electrons. The molecule has 0 aliphatic rings. The molecule has 0 saturated carbocycles. The van der Waals surface area contributed by atoms with E-state index >= 15 is 0 Å². The maximum Gasteiger partial charge on any atom is 0.251 e. The molecule has 2 aromatic carbocycles. The summed E-state index contributed by atoms with van der Waals surface area (Å²) in [6.45, 7) is 2.71. The van der Waals surface area contributed by atoms with Gasteiger partial charge in [-0.05, 0) is 48.7 Å². The number of anilines is 2. The molecule has 7 nitrogen and oxygen atoms in total. The number of carbonyl (C=O) groups is 3. The van der Waals surface area contributed by atoms with Gasteiger partial charge in [-0.25, -0.2) is 0 Å². The van der Waals surface area contributed by atoms with Gasteiger partial charge in [0.05, 0.1) is 6.54 Å². The first-order chi connectivity index (χ1) is 14.4. The number of aryl methyl sites for hydroxylation is 1. The van der Waals surface area contributed by atoms with Gasteiger partial charge < -0.3 is 20.9 Å². The Balaban J connectivity index is 1.82. The van der Waals surface area contributed by atoms with Crippen molar-refractivity contribution in [3.63, 3.8) is 0 Å². The molecule has 0 spiro atoms. The lowest BCUT2D eigenvalue weighted by Gasteiger charge is -2.11. The minimum Gasteiger partial charge on any atom is -0.376 e. The zero-order valence-corrected chi connectivity index (χ0v) is 17.8. The predicted molar refractivity (Wildman–Crippen MR) is 120 cm³/mol. The summed E-state index contributed by atoms with van der Waals surface area (Å²) in [4.78, 5) is 37.5. The maximum absolute atomic E-state index is 12.2. The van der Waals surface area contributed by atoms with Crippen LogP contribution in [-0.4, -0.2) is 49.8 Å². The second-order valence-electron chi connectivity index (χ2n) is 7.22. The first kappa shape index (κ1) is 22.9. The molecule has 0 atom stereocenters. The van der Waals surface area contributed by atoms with E-state index in [9.17, 15) is 14.4 Å². The molecule has 0 fully saturated rings. The van der Waals surface area contributed by atoms with Crippen molar-refractivity contribution in [1.82, 2.24) is 10.2 Å². The molecule has 0 bridgehead atoms. The van der Waals surface area contributed by atoms with Gasteiger partial charge in [0.15, 0.2) is 0 Å². The molecule has 0 aromatic heterocycles. The number of hydrogen-bond acceptors (Lipinski definition) is 4. The van der Waals surface area contributed by atoms with Crippen LogP contribution in [0.5, 0.6) is 0 Å². The zero-order valence-electron chi connectivity index (χ0n) is 17.8. The first-order valence-corrected chi connectivity index (χ1v) is 10.1. The van der Waals surface area contributed by atoms with Gasteiger partial charge in [0, 0.05) is 44.0 Å². The van der Waals surface area contributed by atoms with Gasteiger partial charge in [-0.2, -0.15) is 0 Å². The highest BCUT2D eigenvalue weighted by atomic mass is 16.2. The van der Waals surface area contributed by atoms with Crippen LogP contribution in [0.3, 0.4) is 0 Å². The molecular formula is C23H30N4O3. The number of amides is 3. The second-order valence-corrected chi connectivity index (χ2v) is 7.22. The van der Waals surface area contributed by atoms with Crippen LogP contribution in [0.1, 0.15) is 35.7 Å². The minimum absolute atomic E-state index is 0.0980. The number of benzene rings is 2. The largest absolute Gasteiger partial charge is 0.376 e. The van der Waals surface area contributed by atoms with E-state index in [2.05, 4.69) is 16.0 Å². The Bertz CT molecular complexity index is 863. The molecule has 2 rings (SSSR count). The van der Waals surface area contributed by atoms with Crippen molar-refractivity contribution in [2.45, 2.75) is 26.2 Å². The van der Waals surface area contributed by atoms with Crippen LogP contribution in [-0.2, 0) is 16.0 Å². The third kappa shape index (κ3) is 7.58. The Labute approximate surface area is 177 Å². The summed E-state index contributed by atoms with van der Waals surface area (Å²) in [5.74, 6) is -0.263. The van der Waals surface area contributed by atoms with E-state index in [1.807, 2.05) is 31.2 Å². The van der Waals surface area contributed by atoms with Gasteiger partial charge in [0.2, 0.25) is 11.8 Å².